The van der Waals surface area contributed by atoms with E-state index in [1.165, 1.54) is 0 Å². The average Bonchev–Trinajstić information content (AvgIpc) is 2.54. The molecular formula is C16H19N5O. The van der Waals surface area contributed by atoms with Gasteiger partial charge in [-0.2, -0.15) is 0 Å². The molecule has 0 unspecified atom stereocenters. The Morgan fingerprint density at radius 3 is 2.77 bits per heavy atom. The van der Waals surface area contributed by atoms with Gasteiger partial charge in [0.25, 0.3) is 0 Å². The molecule has 0 atom stereocenters. The van der Waals surface area contributed by atoms with E-state index in [4.69, 9.17) is 0 Å². The third-order valence-electron chi connectivity index (χ3n) is 3.76. The van der Waals surface area contributed by atoms with E-state index in [0.29, 0.717) is 19.6 Å². The lowest BCUT2D eigenvalue weighted by molar-refractivity contribution is -0.132. The van der Waals surface area contributed by atoms with Gasteiger partial charge in [0.05, 0.1) is 17.9 Å². The summed E-state index contributed by atoms with van der Waals surface area (Å²) in [4.78, 5) is 28.9. The van der Waals surface area contributed by atoms with E-state index in [0.717, 1.165) is 28.9 Å². The molecule has 1 aliphatic heterocycles. The van der Waals surface area contributed by atoms with Crippen molar-refractivity contribution in [3.63, 3.8) is 0 Å². The van der Waals surface area contributed by atoms with E-state index in [9.17, 15) is 4.79 Å². The van der Waals surface area contributed by atoms with Gasteiger partial charge in [-0.15, -0.1) is 0 Å². The highest BCUT2D eigenvalue weighted by atomic mass is 16.2. The smallest absolute Gasteiger partial charge is 0.237 e. The maximum absolute atomic E-state index is 12.3. The molecule has 3 heterocycles. The van der Waals surface area contributed by atoms with Crippen LogP contribution < -0.4 is 0 Å². The third-order valence-corrected chi connectivity index (χ3v) is 3.76. The summed E-state index contributed by atoms with van der Waals surface area (Å²) < 4.78 is 0. The highest BCUT2D eigenvalue weighted by Gasteiger charge is 2.24. The van der Waals surface area contributed by atoms with Crippen molar-refractivity contribution in [2.24, 2.45) is 0 Å². The number of fused-ring (bicyclic) bond motifs is 1. The van der Waals surface area contributed by atoms with Crippen molar-refractivity contribution < 1.29 is 4.79 Å². The van der Waals surface area contributed by atoms with Crippen LogP contribution in [0.3, 0.4) is 0 Å². The van der Waals surface area contributed by atoms with Crippen molar-refractivity contribution in [2.75, 3.05) is 27.2 Å². The van der Waals surface area contributed by atoms with E-state index in [1.54, 1.807) is 18.7 Å². The van der Waals surface area contributed by atoms with Gasteiger partial charge in [0.2, 0.25) is 5.91 Å². The van der Waals surface area contributed by atoms with Gasteiger partial charge in [0.1, 0.15) is 6.33 Å². The lowest BCUT2D eigenvalue weighted by atomic mass is 10.00. The van der Waals surface area contributed by atoms with Crippen LogP contribution in [0.4, 0.5) is 0 Å². The fraction of sp³-hybridized carbons (Fsp3) is 0.375. The van der Waals surface area contributed by atoms with Gasteiger partial charge in [-0.25, -0.2) is 9.97 Å². The standard InChI is InChI=1S/C16H19N5O/c1-20(2)10-15(22)21-8-5-14-13(9-21)16(19-11-18-14)12-3-6-17-7-4-12/h3-4,6-7,11H,5,8-10H2,1-2H3. The minimum absolute atomic E-state index is 0.139. The van der Waals surface area contributed by atoms with E-state index < -0.39 is 0 Å². The molecule has 0 saturated heterocycles. The van der Waals surface area contributed by atoms with Gasteiger partial charge in [-0.3, -0.25) is 9.78 Å². The molecule has 0 fully saturated rings. The van der Waals surface area contributed by atoms with Crippen molar-refractivity contribution in [1.82, 2.24) is 24.8 Å². The van der Waals surface area contributed by atoms with Crippen LogP contribution in [-0.2, 0) is 17.8 Å². The summed E-state index contributed by atoms with van der Waals surface area (Å²) in [6, 6.07) is 3.87. The normalized spacial score (nSPS) is 14.0. The number of nitrogens with zero attached hydrogens (tertiary/aromatic N) is 5. The highest BCUT2D eigenvalue weighted by molar-refractivity contribution is 5.79. The van der Waals surface area contributed by atoms with Crippen molar-refractivity contribution >= 4 is 5.91 Å². The van der Waals surface area contributed by atoms with Gasteiger partial charge >= 0.3 is 0 Å². The number of aromatic nitrogens is 3. The molecule has 0 aromatic carbocycles. The van der Waals surface area contributed by atoms with Gasteiger partial charge in [-0.1, -0.05) is 0 Å². The molecule has 2 aromatic heterocycles. The highest BCUT2D eigenvalue weighted by Crippen LogP contribution is 2.26. The van der Waals surface area contributed by atoms with Crippen molar-refractivity contribution in [3.05, 3.63) is 42.1 Å². The number of carbonyl (C=O) groups is 1. The molecular weight excluding hydrogens is 278 g/mol. The number of pyridine rings is 1. The predicted octanol–water partition coefficient (Wildman–Crippen LogP) is 0.985. The van der Waals surface area contributed by atoms with E-state index >= 15 is 0 Å². The molecule has 1 aliphatic rings. The van der Waals surface area contributed by atoms with Crippen LogP contribution >= 0.6 is 0 Å². The number of hydrogen-bond acceptors (Lipinski definition) is 5. The number of carbonyl (C=O) groups excluding carboxylic acids is 1. The molecule has 1 amide bonds. The van der Waals surface area contributed by atoms with Crippen molar-refractivity contribution in [2.45, 2.75) is 13.0 Å². The Hall–Kier alpha value is -2.34. The molecule has 0 radical (unpaired) electrons. The second-order valence-corrected chi connectivity index (χ2v) is 5.69. The zero-order valence-electron chi connectivity index (χ0n) is 12.9. The van der Waals surface area contributed by atoms with Crippen LogP contribution in [0.2, 0.25) is 0 Å². The minimum Gasteiger partial charge on any atom is -0.337 e. The van der Waals surface area contributed by atoms with Crippen LogP contribution in [0, 0.1) is 0 Å². The summed E-state index contributed by atoms with van der Waals surface area (Å²) in [5.74, 6) is 0.139. The second-order valence-electron chi connectivity index (χ2n) is 5.69. The molecule has 0 N–H and O–H groups in total. The number of rotatable bonds is 3. The van der Waals surface area contributed by atoms with Gasteiger partial charge in [0, 0.05) is 43.0 Å². The molecule has 22 heavy (non-hydrogen) atoms. The van der Waals surface area contributed by atoms with E-state index in [2.05, 4.69) is 15.0 Å². The first-order chi connectivity index (χ1) is 10.6. The summed E-state index contributed by atoms with van der Waals surface area (Å²) in [5.41, 5.74) is 3.99. The largest absolute Gasteiger partial charge is 0.337 e. The fourth-order valence-electron chi connectivity index (χ4n) is 2.68. The van der Waals surface area contributed by atoms with Crippen LogP contribution in [0.1, 0.15) is 11.3 Å². The molecule has 3 rings (SSSR count). The Balaban J connectivity index is 1.91. The first kappa shape index (κ1) is 14.6. The molecule has 6 nitrogen and oxygen atoms in total. The molecule has 0 aliphatic carbocycles. The third kappa shape index (κ3) is 2.96. The lowest BCUT2D eigenvalue weighted by Crippen LogP contribution is -2.41. The SMILES string of the molecule is CN(C)CC(=O)N1CCc2ncnc(-c3ccncc3)c2C1. The van der Waals surface area contributed by atoms with Crippen LogP contribution in [-0.4, -0.2) is 57.8 Å². The lowest BCUT2D eigenvalue weighted by Gasteiger charge is -2.30. The zero-order valence-corrected chi connectivity index (χ0v) is 12.9. The zero-order chi connectivity index (χ0) is 15.5. The Labute approximate surface area is 129 Å². The van der Waals surface area contributed by atoms with Gasteiger partial charge in [0.15, 0.2) is 0 Å². The summed E-state index contributed by atoms with van der Waals surface area (Å²) in [5, 5.41) is 0. The van der Waals surface area contributed by atoms with Gasteiger partial charge < -0.3 is 9.80 Å². The van der Waals surface area contributed by atoms with Crippen LogP contribution in [0.25, 0.3) is 11.3 Å². The maximum Gasteiger partial charge on any atom is 0.237 e. The Morgan fingerprint density at radius 1 is 1.27 bits per heavy atom. The Kier molecular flexibility index (Phi) is 4.11. The molecule has 0 saturated carbocycles. The first-order valence-corrected chi connectivity index (χ1v) is 7.31. The van der Waals surface area contributed by atoms with Crippen molar-refractivity contribution in [1.29, 1.82) is 0 Å². The fourth-order valence-corrected chi connectivity index (χ4v) is 2.68. The maximum atomic E-state index is 12.3. The monoisotopic (exact) mass is 297 g/mol. The Morgan fingerprint density at radius 2 is 2.05 bits per heavy atom. The van der Waals surface area contributed by atoms with E-state index in [-0.39, 0.29) is 5.91 Å². The first-order valence-electron chi connectivity index (χ1n) is 7.31. The second kappa shape index (κ2) is 6.19. The van der Waals surface area contributed by atoms with Crippen LogP contribution in [0.5, 0.6) is 0 Å². The summed E-state index contributed by atoms with van der Waals surface area (Å²) in [6.07, 6.45) is 5.88. The molecule has 0 spiro atoms. The number of hydrogen-bond donors (Lipinski definition) is 0. The number of likely N-dealkylation sites (N-methyl/N-ethyl adjacent to an activating group) is 1. The molecule has 6 heteroatoms. The minimum atomic E-state index is 0.139. The molecule has 114 valence electrons. The molecule has 0 bridgehead atoms. The quantitative estimate of drug-likeness (QED) is 0.845. The average molecular weight is 297 g/mol. The summed E-state index contributed by atoms with van der Waals surface area (Å²) >= 11 is 0. The molecule has 2 aromatic rings. The predicted molar refractivity (Wildman–Crippen MR) is 82.9 cm³/mol. The van der Waals surface area contributed by atoms with Crippen LogP contribution in [0.15, 0.2) is 30.9 Å². The summed E-state index contributed by atoms with van der Waals surface area (Å²) in [7, 11) is 3.81. The van der Waals surface area contributed by atoms with Gasteiger partial charge in [-0.05, 0) is 26.2 Å². The van der Waals surface area contributed by atoms with E-state index in [1.807, 2.05) is 36.0 Å². The summed E-state index contributed by atoms with van der Waals surface area (Å²) in [6.45, 7) is 1.71. The number of amides is 1. The Bertz CT molecular complexity index is 671. The van der Waals surface area contributed by atoms with Crippen molar-refractivity contribution in [3.8, 4) is 11.3 Å². The topological polar surface area (TPSA) is 62.2 Å².